The van der Waals surface area contributed by atoms with Crippen LogP contribution >= 0.6 is 0 Å². The second kappa shape index (κ2) is 9.69. The number of Topliss-reactive ketones (excluding diaryl/α,β-unsaturated/α-hetero) is 1. The summed E-state index contributed by atoms with van der Waals surface area (Å²) in [6.07, 6.45) is 3.79. The normalized spacial score (nSPS) is 11.2. The average Bonchev–Trinajstić information content (AvgIpc) is 2.89. The predicted molar refractivity (Wildman–Crippen MR) is 77.1 cm³/mol. The molecule has 0 amide bonds. The van der Waals surface area contributed by atoms with Crippen LogP contribution in [0.2, 0.25) is 0 Å². The largest absolute Gasteiger partial charge is 0.382 e. The highest BCUT2D eigenvalue weighted by atomic mass is 16.5. The maximum atomic E-state index is 11.8. The van der Waals surface area contributed by atoms with E-state index in [1.54, 1.807) is 7.11 Å². The number of aromatic nitrogens is 1. The number of ether oxygens (including phenoxy) is 3. The van der Waals surface area contributed by atoms with E-state index < -0.39 is 0 Å². The summed E-state index contributed by atoms with van der Waals surface area (Å²) in [5, 5.41) is 0. The van der Waals surface area contributed by atoms with Crippen molar-refractivity contribution >= 4 is 5.78 Å². The van der Waals surface area contributed by atoms with E-state index in [1.807, 2.05) is 36.9 Å². The van der Waals surface area contributed by atoms with Gasteiger partial charge in [-0.25, -0.2) is 0 Å². The molecule has 0 aliphatic carbocycles. The summed E-state index contributed by atoms with van der Waals surface area (Å²) in [6, 6.07) is 1.86. The van der Waals surface area contributed by atoms with Gasteiger partial charge < -0.3 is 18.8 Å². The molecule has 0 N–H and O–H groups in total. The van der Waals surface area contributed by atoms with Crippen molar-refractivity contribution in [1.82, 2.24) is 4.57 Å². The highest BCUT2D eigenvalue weighted by Crippen LogP contribution is 2.08. The highest BCUT2D eigenvalue weighted by molar-refractivity contribution is 5.97. The minimum Gasteiger partial charge on any atom is -0.382 e. The first-order chi connectivity index (χ1) is 9.65. The Balaban J connectivity index is 2.12. The van der Waals surface area contributed by atoms with Crippen LogP contribution in [0.5, 0.6) is 0 Å². The lowest BCUT2D eigenvalue weighted by molar-refractivity contribution is 0.0230. The fraction of sp³-hybridized carbons (Fsp3) is 0.667. The van der Waals surface area contributed by atoms with Crippen LogP contribution in [0.4, 0.5) is 0 Å². The van der Waals surface area contributed by atoms with E-state index in [0.29, 0.717) is 33.0 Å². The Morgan fingerprint density at radius 2 is 1.80 bits per heavy atom. The summed E-state index contributed by atoms with van der Waals surface area (Å²) in [7, 11) is 1.65. The number of ketones is 1. The van der Waals surface area contributed by atoms with Gasteiger partial charge in [-0.15, -0.1) is 0 Å². The molecule has 1 heterocycles. The van der Waals surface area contributed by atoms with Crippen LogP contribution in [0, 0.1) is 5.92 Å². The lowest BCUT2D eigenvalue weighted by atomic mass is 10.0. The molecule has 0 radical (unpaired) electrons. The number of nitrogens with zero attached hydrogens (tertiary/aromatic N) is 1. The minimum atomic E-state index is 0.0337. The molecule has 1 rings (SSSR count). The zero-order valence-corrected chi connectivity index (χ0v) is 12.6. The van der Waals surface area contributed by atoms with Gasteiger partial charge in [0.05, 0.1) is 33.0 Å². The van der Waals surface area contributed by atoms with E-state index in [1.165, 1.54) is 0 Å². The van der Waals surface area contributed by atoms with Crippen molar-refractivity contribution in [3.63, 3.8) is 0 Å². The molecule has 0 saturated heterocycles. The summed E-state index contributed by atoms with van der Waals surface area (Å²) in [5.74, 6) is 0.211. The first-order valence-corrected chi connectivity index (χ1v) is 6.99. The Morgan fingerprint density at radius 1 is 1.15 bits per heavy atom. The van der Waals surface area contributed by atoms with Crippen LogP contribution in [-0.2, 0) is 20.8 Å². The van der Waals surface area contributed by atoms with Crippen molar-refractivity contribution in [2.24, 2.45) is 5.92 Å². The van der Waals surface area contributed by atoms with Gasteiger partial charge in [-0.05, 0) is 6.07 Å². The Labute approximate surface area is 120 Å². The molecule has 0 aliphatic rings. The molecular weight excluding hydrogens is 258 g/mol. The summed E-state index contributed by atoms with van der Waals surface area (Å²) < 4.78 is 17.6. The van der Waals surface area contributed by atoms with Gasteiger partial charge in [0.2, 0.25) is 0 Å². The predicted octanol–water partition coefficient (Wildman–Crippen LogP) is 2.01. The van der Waals surface area contributed by atoms with Crippen molar-refractivity contribution in [1.29, 1.82) is 0 Å². The Kier molecular flexibility index (Phi) is 8.18. The molecule has 0 fully saturated rings. The van der Waals surface area contributed by atoms with E-state index >= 15 is 0 Å². The van der Waals surface area contributed by atoms with Crippen LogP contribution in [0.3, 0.4) is 0 Å². The molecule has 0 atom stereocenters. The van der Waals surface area contributed by atoms with E-state index in [0.717, 1.165) is 12.1 Å². The number of carbonyl (C=O) groups excluding carboxylic acids is 1. The quantitative estimate of drug-likeness (QED) is 0.460. The van der Waals surface area contributed by atoms with Crippen molar-refractivity contribution in [2.75, 3.05) is 40.1 Å². The third-order valence-corrected chi connectivity index (χ3v) is 2.86. The zero-order chi connectivity index (χ0) is 14.8. The third kappa shape index (κ3) is 6.32. The first kappa shape index (κ1) is 16.9. The molecule has 20 heavy (non-hydrogen) atoms. The topological polar surface area (TPSA) is 49.7 Å². The Hall–Kier alpha value is -1.17. The van der Waals surface area contributed by atoms with Gasteiger partial charge in [0, 0.05) is 37.5 Å². The number of carbonyl (C=O) groups is 1. The fourth-order valence-corrected chi connectivity index (χ4v) is 1.69. The number of hydrogen-bond acceptors (Lipinski definition) is 4. The van der Waals surface area contributed by atoms with Crippen molar-refractivity contribution < 1.29 is 19.0 Å². The summed E-state index contributed by atoms with van der Waals surface area (Å²) >= 11 is 0. The molecule has 1 aromatic heterocycles. The monoisotopic (exact) mass is 283 g/mol. The first-order valence-electron chi connectivity index (χ1n) is 6.99. The molecule has 0 bridgehead atoms. The van der Waals surface area contributed by atoms with Gasteiger partial charge in [0.1, 0.15) is 0 Å². The standard InChI is InChI=1S/C15H25NO4/c1-13(2)15(17)14-4-5-16(12-14)6-7-19-10-11-20-9-8-18-3/h4-5,12-13H,6-11H2,1-3H3. The third-order valence-electron chi connectivity index (χ3n) is 2.86. The summed E-state index contributed by atoms with van der Waals surface area (Å²) in [5.41, 5.74) is 0.767. The highest BCUT2D eigenvalue weighted by Gasteiger charge is 2.11. The van der Waals surface area contributed by atoms with Crippen molar-refractivity contribution in [2.45, 2.75) is 20.4 Å². The van der Waals surface area contributed by atoms with E-state index in [4.69, 9.17) is 14.2 Å². The van der Waals surface area contributed by atoms with Gasteiger partial charge in [0.25, 0.3) is 0 Å². The minimum absolute atomic E-state index is 0.0337. The maximum absolute atomic E-state index is 11.8. The lowest BCUT2D eigenvalue weighted by Gasteiger charge is -2.06. The number of rotatable bonds is 11. The van der Waals surface area contributed by atoms with Crippen LogP contribution in [0.25, 0.3) is 0 Å². The second-order valence-corrected chi connectivity index (χ2v) is 4.87. The van der Waals surface area contributed by atoms with Crippen LogP contribution in [0.1, 0.15) is 24.2 Å². The SMILES string of the molecule is COCCOCCOCCn1ccc(C(=O)C(C)C)c1. The van der Waals surface area contributed by atoms with E-state index in [-0.39, 0.29) is 11.7 Å². The van der Waals surface area contributed by atoms with Gasteiger partial charge in [0.15, 0.2) is 5.78 Å². The van der Waals surface area contributed by atoms with Crippen LogP contribution in [-0.4, -0.2) is 50.5 Å². The molecule has 0 aliphatic heterocycles. The smallest absolute Gasteiger partial charge is 0.166 e. The summed E-state index contributed by atoms with van der Waals surface area (Å²) in [4.78, 5) is 11.8. The van der Waals surface area contributed by atoms with Crippen LogP contribution < -0.4 is 0 Å². The van der Waals surface area contributed by atoms with Gasteiger partial charge in [-0.2, -0.15) is 0 Å². The Bertz CT molecular complexity index is 387. The second-order valence-electron chi connectivity index (χ2n) is 4.87. The van der Waals surface area contributed by atoms with Gasteiger partial charge in [-0.3, -0.25) is 4.79 Å². The number of hydrogen-bond donors (Lipinski definition) is 0. The van der Waals surface area contributed by atoms with E-state index in [9.17, 15) is 4.79 Å². The Morgan fingerprint density at radius 3 is 2.45 bits per heavy atom. The lowest BCUT2D eigenvalue weighted by Crippen LogP contribution is -2.11. The molecule has 0 aromatic carbocycles. The molecular formula is C15H25NO4. The van der Waals surface area contributed by atoms with Gasteiger partial charge in [-0.1, -0.05) is 13.8 Å². The zero-order valence-electron chi connectivity index (χ0n) is 12.6. The van der Waals surface area contributed by atoms with Gasteiger partial charge >= 0.3 is 0 Å². The molecule has 5 heteroatoms. The van der Waals surface area contributed by atoms with E-state index in [2.05, 4.69) is 0 Å². The molecule has 0 saturated carbocycles. The number of methoxy groups -OCH3 is 1. The summed E-state index contributed by atoms with van der Waals surface area (Å²) in [6.45, 7) is 7.52. The molecule has 0 unspecified atom stereocenters. The molecule has 5 nitrogen and oxygen atoms in total. The van der Waals surface area contributed by atoms with Crippen molar-refractivity contribution in [3.8, 4) is 0 Å². The average molecular weight is 283 g/mol. The molecule has 114 valence electrons. The van der Waals surface area contributed by atoms with Crippen LogP contribution in [0.15, 0.2) is 18.5 Å². The molecule has 0 spiro atoms. The van der Waals surface area contributed by atoms with Crippen molar-refractivity contribution in [3.05, 3.63) is 24.0 Å². The maximum Gasteiger partial charge on any atom is 0.166 e. The molecule has 1 aromatic rings. The fourth-order valence-electron chi connectivity index (χ4n) is 1.69.